The van der Waals surface area contributed by atoms with Crippen LogP contribution in [0, 0.1) is 6.92 Å². The second kappa shape index (κ2) is 8.02. The highest BCUT2D eigenvalue weighted by Crippen LogP contribution is 1.97. The summed E-state index contributed by atoms with van der Waals surface area (Å²) in [4.78, 5) is 0. The molecule has 0 aliphatic carbocycles. The lowest BCUT2D eigenvalue weighted by molar-refractivity contribution is 0.0319. The molecule has 0 heterocycles. The van der Waals surface area contributed by atoms with E-state index in [2.05, 4.69) is 13.8 Å². The van der Waals surface area contributed by atoms with Crippen molar-refractivity contribution in [3.63, 3.8) is 0 Å². The van der Waals surface area contributed by atoms with Gasteiger partial charge in [0, 0.05) is 6.61 Å². The lowest BCUT2D eigenvalue weighted by Crippen LogP contribution is -2.15. The molecule has 67 valence electrons. The lowest BCUT2D eigenvalue weighted by atomic mass is 10.2. The van der Waals surface area contributed by atoms with Gasteiger partial charge in [-0.25, -0.2) is 0 Å². The van der Waals surface area contributed by atoms with Crippen LogP contribution in [0.4, 0.5) is 0 Å². The summed E-state index contributed by atoms with van der Waals surface area (Å²) in [5, 5.41) is 9.18. The maximum absolute atomic E-state index is 9.18. The van der Waals surface area contributed by atoms with Crippen LogP contribution in [0.25, 0.3) is 0 Å². The number of aliphatic hydroxyl groups is 1. The van der Waals surface area contributed by atoms with Gasteiger partial charge in [0.25, 0.3) is 0 Å². The Labute approximate surface area is 69.6 Å². The van der Waals surface area contributed by atoms with Crippen molar-refractivity contribution in [2.75, 3.05) is 13.2 Å². The van der Waals surface area contributed by atoms with E-state index in [4.69, 9.17) is 4.74 Å². The van der Waals surface area contributed by atoms with Crippen molar-refractivity contribution in [2.24, 2.45) is 0 Å². The molecule has 0 amide bonds. The summed E-state index contributed by atoms with van der Waals surface area (Å²) in [5.74, 6) is 0. The summed E-state index contributed by atoms with van der Waals surface area (Å²) in [6.07, 6.45) is 3.43. The Hall–Kier alpha value is -0.0800. The fraction of sp³-hybridized carbons (Fsp3) is 0.889. The largest absolute Gasteiger partial charge is 0.391 e. The second-order valence-electron chi connectivity index (χ2n) is 2.72. The molecule has 0 aromatic rings. The third-order valence-corrected chi connectivity index (χ3v) is 1.49. The average Bonchev–Trinajstić information content (AvgIpc) is 1.99. The average molecular weight is 159 g/mol. The zero-order valence-corrected chi connectivity index (χ0v) is 7.38. The molecule has 0 aromatic carbocycles. The maximum Gasteiger partial charge on any atom is 0.0773 e. The van der Waals surface area contributed by atoms with Gasteiger partial charge in [-0.15, -0.1) is 0 Å². The van der Waals surface area contributed by atoms with Crippen molar-refractivity contribution in [1.29, 1.82) is 0 Å². The normalized spacial score (nSPS) is 13.4. The van der Waals surface area contributed by atoms with E-state index in [9.17, 15) is 5.11 Å². The zero-order valence-electron chi connectivity index (χ0n) is 7.38. The summed E-state index contributed by atoms with van der Waals surface area (Å²) >= 11 is 0. The van der Waals surface area contributed by atoms with Crippen LogP contribution in [-0.4, -0.2) is 24.4 Å². The van der Waals surface area contributed by atoms with E-state index >= 15 is 0 Å². The van der Waals surface area contributed by atoms with Crippen LogP contribution in [0.3, 0.4) is 0 Å². The van der Waals surface area contributed by atoms with Crippen LogP contribution in [-0.2, 0) is 4.74 Å². The number of hydrogen-bond acceptors (Lipinski definition) is 2. The number of ether oxygens (including phenoxy) is 1. The Bertz CT molecular complexity index is 74.0. The topological polar surface area (TPSA) is 29.5 Å². The summed E-state index contributed by atoms with van der Waals surface area (Å²) in [6.45, 7) is 7.01. The first-order chi connectivity index (χ1) is 5.31. The molecule has 0 aliphatic heterocycles. The van der Waals surface area contributed by atoms with Gasteiger partial charge >= 0.3 is 0 Å². The van der Waals surface area contributed by atoms with Crippen molar-refractivity contribution in [1.82, 2.24) is 0 Å². The number of aliphatic hydroxyl groups excluding tert-OH is 1. The second-order valence-corrected chi connectivity index (χ2v) is 2.72. The van der Waals surface area contributed by atoms with Gasteiger partial charge < -0.3 is 9.84 Å². The van der Waals surface area contributed by atoms with Crippen LogP contribution in [0.2, 0.25) is 0 Å². The number of unbranched alkanes of at least 4 members (excludes halogenated alkanes) is 1. The van der Waals surface area contributed by atoms with Crippen LogP contribution < -0.4 is 0 Å². The molecule has 0 saturated carbocycles. The predicted octanol–water partition coefficient (Wildman–Crippen LogP) is 1.78. The molecule has 1 N–H and O–H groups in total. The van der Waals surface area contributed by atoms with Crippen LogP contribution >= 0.6 is 0 Å². The fourth-order valence-corrected chi connectivity index (χ4v) is 0.785. The molecule has 0 fully saturated rings. The summed E-state index contributed by atoms with van der Waals surface area (Å²) < 4.78 is 5.21. The van der Waals surface area contributed by atoms with E-state index in [-0.39, 0.29) is 6.10 Å². The maximum atomic E-state index is 9.18. The minimum absolute atomic E-state index is 0.315. The highest BCUT2D eigenvalue weighted by atomic mass is 16.5. The van der Waals surface area contributed by atoms with Crippen molar-refractivity contribution < 1.29 is 9.84 Å². The third-order valence-electron chi connectivity index (χ3n) is 1.49. The molecule has 1 unspecified atom stereocenters. The molecule has 0 spiro atoms. The summed E-state index contributed by atoms with van der Waals surface area (Å²) in [5.41, 5.74) is 0. The minimum atomic E-state index is -0.315. The van der Waals surface area contributed by atoms with Gasteiger partial charge in [-0.05, 0) is 12.8 Å². The SMILES string of the molecule is [CH2]CCC(O)COCCCC. The van der Waals surface area contributed by atoms with E-state index in [0.717, 1.165) is 32.3 Å². The first kappa shape index (κ1) is 10.9. The molecule has 2 nitrogen and oxygen atoms in total. The van der Waals surface area contributed by atoms with Gasteiger partial charge in [-0.3, -0.25) is 0 Å². The van der Waals surface area contributed by atoms with E-state index in [1.807, 2.05) is 0 Å². The highest BCUT2D eigenvalue weighted by Gasteiger charge is 2.00. The molecule has 0 bridgehead atoms. The van der Waals surface area contributed by atoms with E-state index in [1.54, 1.807) is 0 Å². The van der Waals surface area contributed by atoms with Gasteiger partial charge in [0.1, 0.15) is 0 Å². The molecule has 2 heteroatoms. The molecule has 0 aromatic heterocycles. The van der Waals surface area contributed by atoms with E-state index < -0.39 is 0 Å². The predicted molar refractivity (Wildman–Crippen MR) is 46.3 cm³/mol. The van der Waals surface area contributed by atoms with Gasteiger partial charge in [0.15, 0.2) is 0 Å². The Balaban J connectivity index is 2.97. The van der Waals surface area contributed by atoms with Crippen molar-refractivity contribution in [3.05, 3.63) is 6.92 Å². The molecular formula is C9H19O2. The van der Waals surface area contributed by atoms with Gasteiger partial charge in [-0.2, -0.15) is 0 Å². The first-order valence-corrected chi connectivity index (χ1v) is 4.36. The van der Waals surface area contributed by atoms with Gasteiger partial charge in [-0.1, -0.05) is 26.7 Å². The molecule has 1 atom stereocenters. The third kappa shape index (κ3) is 7.82. The molecule has 0 saturated heterocycles. The minimum Gasteiger partial charge on any atom is -0.391 e. The van der Waals surface area contributed by atoms with Crippen LogP contribution in [0.15, 0.2) is 0 Å². The fourth-order valence-electron chi connectivity index (χ4n) is 0.785. The highest BCUT2D eigenvalue weighted by molar-refractivity contribution is 4.54. The standard InChI is InChI=1S/C9H19O2/c1-3-5-7-11-8-9(10)6-4-2/h9-10H,2-8H2,1H3. The van der Waals surface area contributed by atoms with Crippen LogP contribution in [0.5, 0.6) is 0 Å². The molecule has 11 heavy (non-hydrogen) atoms. The summed E-state index contributed by atoms with van der Waals surface area (Å²) in [7, 11) is 0. The van der Waals surface area contributed by atoms with Crippen molar-refractivity contribution >= 4 is 0 Å². The van der Waals surface area contributed by atoms with Crippen molar-refractivity contribution in [3.8, 4) is 0 Å². The molecule has 0 aliphatic rings. The number of hydrogen-bond donors (Lipinski definition) is 1. The molecule has 0 rings (SSSR count). The first-order valence-electron chi connectivity index (χ1n) is 4.36. The zero-order chi connectivity index (χ0) is 8.53. The van der Waals surface area contributed by atoms with E-state index in [1.165, 1.54) is 0 Å². The number of rotatable bonds is 7. The summed E-state index contributed by atoms with van der Waals surface area (Å²) in [6, 6.07) is 0. The molecule has 1 radical (unpaired) electrons. The molecular weight excluding hydrogens is 140 g/mol. The quantitative estimate of drug-likeness (QED) is 0.574. The van der Waals surface area contributed by atoms with Crippen LogP contribution in [0.1, 0.15) is 32.6 Å². The Morgan fingerprint density at radius 1 is 1.55 bits per heavy atom. The van der Waals surface area contributed by atoms with Crippen molar-refractivity contribution in [2.45, 2.75) is 38.7 Å². The lowest BCUT2D eigenvalue weighted by Gasteiger charge is -2.08. The monoisotopic (exact) mass is 159 g/mol. The Morgan fingerprint density at radius 2 is 2.27 bits per heavy atom. The van der Waals surface area contributed by atoms with Gasteiger partial charge in [0.2, 0.25) is 0 Å². The Kier molecular flexibility index (Phi) is 7.96. The van der Waals surface area contributed by atoms with Gasteiger partial charge in [0.05, 0.1) is 12.7 Å². The Morgan fingerprint density at radius 3 is 2.82 bits per heavy atom. The van der Waals surface area contributed by atoms with E-state index in [0.29, 0.717) is 6.61 Å². The smallest absolute Gasteiger partial charge is 0.0773 e.